The maximum atomic E-state index is 12.8. The number of hydrogen-bond acceptors (Lipinski definition) is 2. The summed E-state index contributed by atoms with van der Waals surface area (Å²) >= 11 is 1.57. The lowest BCUT2D eigenvalue weighted by atomic mass is 10.2. The van der Waals surface area contributed by atoms with E-state index in [9.17, 15) is 22.4 Å². The minimum atomic E-state index is -4.44. The molecule has 0 radical (unpaired) electrons. The van der Waals surface area contributed by atoms with Gasteiger partial charge in [-0.2, -0.15) is 13.2 Å². The normalized spacial score (nSPS) is 15.0. The smallest absolute Gasteiger partial charge is 0.416 e. The second-order valence-electron chi connectivity index (χ2n) is 3.52. The predicted molar refractivity (Wildman–Crippen MR) is 65.5 cm³/mol. The Labute approximate surface area is 114 Å². The molecule has 0 amide bonds. The average molecular weight is 376 g/mol. The van der Waals surface area contributed by atoms with Crippen LogP contribution in [0.3, 0.4) is 0 Å². The zero-order chi connectivity index (χ0) is 13.9. The van der Waals surface area contributed by atoms with Gasteiger partial charge in [0.1, 0.15) is 15.8 Å². The molecule has 1 aromatic carbocycles. The number of ether oxygens (including phenoxy) is 1. The number of carbonyl (C=O) groups excluding carboxylic acids is 1. The minimum absolute atomic E-state index is 0.0460. The fraction of sp³-hybridized carbons (Fsp3) is 0.364. The maximum absolute atomic E-state index is 12.8. The lowest BCUT2D eigenvalue weighted by Crippen LogP contribution is -2.27. The summed E-state index contributed by atoms with van der Waals surface area (Å²) < 4.78 is 53.3. The van der Waals surface area contributed by atoms with Gasteiger partial charge in [0.25, 0.3) is 0 Å². The molecule has 2 unspecified atom stereocenters. The standard InChI is InChI=1S/C11H9F4IO2/c1-6(12)9(16)10(17)18-8-4-2-7(3-5-8)11(13,14)15/h2-6,9H,1H3. The van der Waals surface area contributed by atoms with Crippen LogP contribution in [0.4, 0.5) is 17.6 Å². The molecule has 0 aliphatic carbocycles. The first-order valence-electron chi connectivity index (χ1n) is 4.89. The molecule has 2 atom stereocenters. The molecular formula is C11H9F4IO2. The quantitative estimate of drug-likeness (QED) is 0.264. The molecule has 0 heterocycles. The highest BCUT2D eigenvalue weighted by Gasteiger charge is 2.30. The molecule has 0 aromatic heterocycles. The fourth-order valence-corrected chi connectivity index (χ4v) is 1.20. The van der Waals surface area contributed by atoms with Gasteiger partial charge in [0, 0.05) is 0 Å². The van der Waals surface area contributed by atoms with Gasteiger partial charge in [-0.25, -0.2) is 4.39 Å². The van der Waals surface area contributed by atoms with Gasteiger partial charge < -0.3 is 4.74 Å². The molecule has 0 N–H and O–H groups in total. The molecule has 0 aliphatic heterocycles. The van der Waals surface area contributed by atoms with E-state index < -0.39 is 27.8 Å². The van der Waals surface area contributed by atoms with Crippen LogP contribution < -0.4 is 4.74 Å². The average Bonchev–Trinajstić information content (AvgIpc) is 2.27. The third kappa shape index (κ3) is 4.11. The van der Waals surface area contributed by atoms with E-state index in [-0.39, 0.29) is 5.75 Å². The van der Waals surface area contributed by atoms with E-state index in [0.717, 1.165) is 24.3 Å². The second-order valence-corrected chi connectivity index (χ2v) is 4.86. The molecule has 7 heteroatoms. The van der Waals surface area contributed by atoms with Gasteiger partial charge in [-0.05, 0) is 31.2 Å². The number of rotatable bonds is 3. The van der Waals surface area contributed by atoms with Gasteiger partial charge in [-0.3, -0.25) is 4.79 Å². The van der Waals surface area contributed by atoms with Crippen molar-refractivity contribution in [1.82, 2.24) is 0 Å². The minimum Gasteiger partial charge on any atom is -0.426 e. The van der Waals surface area contributed by atoms with Crippen molar-refractivity contribution < 1.29 is 27.1 Å². The molecule has 100 valence electrons. The summed E-state index contributed by atoms with van der Waals surface area (Å²) in [7, 11) is 0. The summed E-state index contributed by atoms with van der Waals surface area (Å²) in [6, 6.07) is 3.63. The van der Waals surface area contributed by atoms with E-state index in [0.29, 0.717) is 0 Å². The number of halogens is 5. The van der Waals surface area contributed by atoms with Gasteiger partial charge >= 0.3 is 12.1 Å². The molecule has 0 aliphatic rings. The van der Waals surface area contributed by atoms with Crippen molar-refractivity contribution in [2.24, 2.45) is 0 Å². The lowest BCUT2D eigenvalue weighted by molar-refractivity contribution is -0.137. The van der Waals surface area contributed by atoms with E-state index in [4.69, 9.17) is 4.74 Å². The second kappa shape index (κ2) is 5.85. The van der Waals surface area contributed by atoms with Crippen LogP contribution in [0.15, 0.2) is 24.3 Å². The van der Waals surface area contributed by atoms with E-state index in [1.54, 1.807) is 22.6 Å². The largest absolute Gasteiger partial charge is 0.426 e. The molecule has 0 saturated heterocycles. The van der Waals surface area contributed by atoms with E-state index in [2.05, 4.69) is 0 Å². The van der Waals surface area contributed by atoms with Crippen LogP contribution in [0.5, 0.6) is 5.75 Å². The molecule has 1 aromatic rings. The van der Waals surface area contributed by atoms with Gasteiger partial charge in [-0.15, -0.1) is 0 Å². The number of hydrogen-bond donors (Lipinski definition) is 0. The molecule has 0 spiro atoms. The molecular weight excluding hydrogens is 367 g/mol. The Balaban J connectivity index is 2.73. The first-order valence-corrected chi connectivity index (χ1v) is 6.13. The number of benzene rings is 1. The fourth-order valence-electron chi connectivity index (χ4n) is 1.07. The van der Waals surface area contributed by atoms with Crippen molar-refractivity contribution in [3.8, 4) is 5.75 Å². The topological polar surface area (TPSA) is 26.3 Å². The molecule has 1 rings (SSSR count). The molecule has 2 nitrogen and oxygen atoms in total. The Bertz CT molecular complexity index is 414. The third-order valence-corrected chi connectivity index (χ3v) is 3.53. The summed E-state index contributed by atoms with van der Waals surface area (Å²) in [5.41, 5.74) is -0.841. The summed E-state index contributed by atoms with van der Waals surface area (Å²) in [4.78, 5) is 11.3. The first-order chi connectivity index (χ1) is 8.21. The Morgan fingerprint density at radius 2 is 1.78 bits per heavy atom. The lowest BCUT2D eigenvalue weighted by Gasteiger charge is -2.11. The highest BCUT2D eigenvalue weighted by molar-refractivity contribution is 14.1. The molecule has 0 fully saturated rings. The summed E-state index contributed by atoms with van der Waals surface area (Å²) in [5.74, 6) is -0.874. The molecule has 0 saturated carbocycles. The molecule has 18 heavy (non-hydrogen) atoms. The molecule has 0 bridgehead atoms. The van der Waals surface area contributed by atoms with Crippen LogP contribution in [0.2, 0.25) is 0 Å². The van der Waals surface area contributed by atoms with Gasteiger partial charge in [0.15, 0.2) is 0 Å². The number of alkyl halides is 5. The van der Waals surface area contributed by atoms with Crippen molar-refractivity contribution >= 4 is 28.6 Å². The van der Waals surface area contributed by atoms with Crippen LogP contribution in [-0.2, 0) is 11.0 Å². The Morgan fingerprint density at radius 1 is 1.28 bits per heavy atom. The van der Waals surface area contributed by atoms with Crippen LogP contribution in [0.1, 0.15) is 12.5 Å². The Kier molecular flexibility index (Phi) is 4.94. The predicted octanol–water partition coefficient (Wildman–Crippen LogP) is 3.77. The van der Waals surface area contributed by atoms with Crippen LogP contribution in [-0.4, -0.2) is 16.1 Å². The van der Waals surface area contributed by atoms with Crippen LogP contribution >= 0.6 is 22.6 Å². The third-order valence-electron chi connectivity index (χ3n) is 2.03. The summed E-state index contributed by atoms with van der Waals surface area (Å²) in [5, 5.41) is 0. The highest BCUT2D eigenvalue weighted by atomic mass is 127. The number of esters is 1. The first kappa shape index (κ1) is 15.2. The SMILES string of the molecule is CC(F)C(I)C(=O)Oc1ccc(C(F)(F)F)cc1. The maximum Gasteiger partial charge on any atom is 0.416 e. The monoisotopic (exact) mass is 376 g/mol. The number of carbonyl (C=O) groups is 1. The van der Waals surface area contributed by atoms with Crippen molar-refractivity contribution in [2.45, 2.75) is 23.2 Å². The van der Waals surface area contributed by atoms with Gasteiger partial charge in [0.2, 0.25) is 0 Å². The summed E-state index contributed by atoms with van der Waals surface area (Å²) in [6.07, 6.45) is -5.84. The van der Waals surface area contributed by atoms with Gasteiger partial charge in [-0.1, -0.05) is 22.6 Å². The van der Waals surface area contributed by atoms with Gasteiger partial charge in [0.05, 0.1) is 5.56 Å². The van der Waals surface area contributed by atoms with Crippen LogP contribution in [0, 0.1) is 0 Å². The van der Waals surface area contributed by atoms with Crippen molar-refractivity contribution in [3.05, 3.63) is 29.8 Å². The van der Waals surface area contributed by atoms with Crippen LogP contribution in [0.25, 0.3) is 0 Å². The Hall–Kier alpha value is -0.860. The van der Waals surface area contributed by atoms with E-state index in [1.807, 2.05) is 0 Å². The van der Waals surface area contributed by atoms with Crippen molar-refractivity contribution in [1.29, 1.82) is 0 Å². The summed E-state index contributed by atoms with van der Waals surface area (Å²) in [6.45, 7) is 1.20. The van der Waals surface area contributed by atoms with Crippen molar-refractivity contribution in [2.75, 3.05) is 0 Å². The van der Waals surface area contributed by atoms with E-state index >= 15 is 0 Å². The van der Waals surface area contributed by atoms with Crippen molar-refractivity contribution in [3.63, 3.8) is 0 Å². The van der Waals surface area contributed by atoms with E-state index in [1.165, 1.54) is 6.92 Å². The Morgan fingerprint density at radius 3 is 2.17 bits per heavy atom. The zero-order valence-electron chi connectivity index (χ0n) is 9.17. The highest BCUT2D eigenvalue weighted by Crippen LogP contribution is 2.30. The zero-order valence-corrected chi connectivity index (χ0v) is 11.3.